The Hall–Kier alpha value is -2.89. The maximum Gasteiger partial charge on any atom is 0.245 e. The van der Waals surface area contributed by atoms with E-state index in [1.165, 1.54) is 10.6 Å². The summed E-state index contributed by atoms with van der Waals surface area (Å²) < 4.78 is 0. The smallest absolute Gasteiger partial charge is 0.245 e. The second-order valence-electron chi connectivity index (χ2n) is 9.39. The number of terminal acetylenes is 1. The average molecular weight is 498 g/mol. The van der Waals surface area contributed by atoms with Crippen LogP contribution < -0.4 is 5.32 Å². The molecule has 2 aliphatic rings. The van der Waals surface area contributed by atoms with E-state index >= 15 is 0 Å². The Bertz CT molecular complexity index is 872. The van der Waals surface area contributed by atoms with Crippen LogP contribution in [0.4, 0.5) is 0 Å². The zero-order valence-electron chi connectivity index (χ0n) is 22.4. The minimum atomic E-state index is -0.518. The highest BCUT2D eigenvalue weighted by molar-refractivity contribution is 5.90. The van der Waals surface area contributed by atoms with Gasteiger partial charge in [0.1, 0.15) is 12.2 Å². The van der Waals surface area contributed by atoms with Gasteiger partial charge in [0, 0.05) is 13.1 Å². The Morgan fingerprint density at radius 2 is 1.92 bits per heavy atom. The maximum absolute atomic E-state index is 13.1. The molecule has 2 saturated heterocycles. The van der Waals surface area contributed by atoms with Gasteiger partial charge in [-0.1, -0.05) is 76.3 Å². The fraction of sp³-hybridized carbons (Fsp3) is 0.607. The number of benzene rings is 1. The van der Waals surface area contributed by atoms with Crippen LogP contribution in [0.1, 0.15) is 58.4 Å². The molecule has 3 amide bonds. The summed E-state index contributed by atoms with van der Waals surface area (Å²) >= 11 is 0. The van der Waals surface area contributed by atoms with E-state index < -0.39 is 12.2 Å². The van der Waals surface area contributed by atoms with Crippen LogP contribution in [-0.2, 0) is 20.9 Å². The molecule has 2 heterocycles. The Morgan fingerprint density at radius 3 is 2.47 bits per heavy atom. The number of hydrazine groups is 1. The van der Waals surface area contributed by atoms with Crippen LogP contribution in [0.25, 0.3) is 0 Å². The lowest BCUT2D eigenvalue weighted by Crippen LogP contribution is -2.74. The molecule has 198 valence electrons. The van der Waals surface area contributed by atoms with Gasteiger partial charge in [-0.05, 0) is 31.4 Å². The van der Waals surface area contributed by atoms with E-state index in [4.69, 9.17) is 6.42 Å². The summed E-state index contributed by atoms with van der Waals surface area (Å²) in [6.45, 7) is 8.40. The molecule has 8 heteroatoms. The Morgan fingerprint density at radius 1 is 1.19 bits per heavy atom. The van der Waals surface area contributed by atoms with Gasteiger partial charge in [0.15, 0.2) is 0 Å². The van der Waals surface area contributed by atoms with Crippen LogP contribution in [0.5, 0.6) is 0 Å². The molecule has 2 fully saturated rings. The summed E-state index contributed by atoms with van der Waals surface area (Å²) in [5.41, 5.74) is 1.33. The van der Waals surface area contributed by atoms with E-state index in [9.17, 15) is 14.4 Å². The number of fused-ring (bicyclic) bond motifs is 1. The van der Waals surface area contributed by atoms with Gasteiger partial charge in [-0.15, -0.1) is 6.42 Å². The molecule has 0 radical (unpaired) electrons. The van der Waals surface area contributed by atoms with Crippen LogP contribution in [0.15, 0.2) is 30.3 Å². The zero-order valence-corrected chi connectivity index (χ0v) is 22.4. The molecule has 2 aliphatic heterocycles. The highest BCUT2D eigenvalue weighted by Gasteiger charge is 2.49. The number of hydrogen-bond acceptors (Lipinski definition) is 5. The number of carbonyl (C=O) groups is 3. The third-order valence-corrected chi connectivity index (χ3v) is 6.89. The first-order valence-corrected chi connectivity index (χ1v) is 13.2. The van der Waals surface area contributed by atoms with Crippen LogP contribution >= 0.6 is 0 Å². The van der Waals surface area contributed by atoms with Crippen molar-refractivity contribution in [1.29, 1.82) is 0 Å². The highest BCUT2D eigenvalue weighted by Crippen LogP contribution is 2.28. The van der Waals surface area contributed by atoms with Crippen LogP contribution in [-0.4, -0.2) is 83.5 Å². The number of nitrogens with one attached hydrogen (secondary N) is 1. The molecule has 0 aliphatic carbocycles. The molecule has 0 aromatic heterocycles. The molecule has 36 heavy (non-hydrogen) atoms. The van der Waals surface area contributed by atoms with Gasteiger partial charge in [-0.25, -0.2) is 0 Å². The largest absolute Gasteiger partial charge is 0.337 e. The number of unbranched alkanes of at least 4 members (excludes halogenated alkanes) is 1. The highest BCUT2D eigenvalue weighted by atomic mass is 16.2. The minimum Gasteiger partial charge on any atom is -0.337 e. The molecule has 1 aromatic rings. The second-order valence-corrected chi connectivity index (χ2v) is 9.39. The third kappa shape index (κ3) is 7.55. The Balaban J connectivity index is 0.000000425. The van der Waals surface area contributed by atoms with Gasteiger partial charge in [-0.2, -0.15) is 5.01 Å². The second kappa shape index (κ2) is 15.3. The number of piperazine rings is 1. The SMILES string of the molecule is C#CCN1CC(=O)N2C(CN(CC(CC)CCCC)C(=O)[C@@H]2CC)N1C=O.CNCc1ccccc1. The van der Waals surface area contributed by atoms with Crippen molar-refractivity contribution in [3.05, 3.63) is 35.9 Å². The summed E-state index contributed by atoms with van der Waals surface area (Å²) in [7, 11) is 1.95. The normalized spacial score (nSPS) is 20.8. The number of amides is 3. The van der Waals surface area contributed by atoms with Crippen molar-refractivity contribution in [2.45, 2.75) is 71.6 Å². The fourth-order valence-electron chi connectivity index (χ4n) is 4.92. The quantitative estimate of drug-likeness (QED) is 0.376. The lowest BCUT2D eigenvalue weighted by Gasteiger charge is -2.54. The van der Waals surface area contributed by atoms with E-state index in [1.807, 2.05) is 37.1 Å². The molecular formula is C28H43N5O3. The molecule has 0 bridgehead atoms. The number of carbonyl (C=O) groups excluding carboxylic acids is 3. The fourth-order valence-corrected chi connectivity index (χ4v) is 4.92. The van der Waals surface area contributed by atoms with Gasteiger partial charge in [0.2, 0.25) is 18.2 Å². The summed E-state index contributed by atoms with van der Waals surface area (Å²) in [6.07, 6.45) is 10.5. The minimum absolute atomic E-state index is 0.00621. The van der Waals surface area contributed by atoms with Crippen LogP contribution in [0.3, 0.4) is 0 Å². The van der Waals surface area contributed by atoms with Gasteiger partial charge < -0.3 is 15.1 Å². The predicted octanol–water partition coefficient (Wildman–Crippen LogP) is 2.71. The first-order chi connectivity index (χ1) is 17.4. The van der Waals surface area contributed by atoms with Crippen molar-refractivity contribution in [3.63, 3.8) is 0 Å². The van der Waals surface area contributed by atoms with Crippen molar-refractivity contribution in [2.75, 3.05) is 33.2 Å². The maximum atomic E-state index is 13.1. The topological polar surface area (TPSA) is 76.2 Å². The van der Waals surface area contributed by atoms with Crippen LogP contribution in [0, 0.1) is 18.3 Å². The van der Waals surface area contributed by atoms with Crippen LogP contribution in [0.2, 0.25) is 0 Å². The summed E-state index contributed by atoms with van der Waals surface area (Å²) in [5.74, 6) is 2.78. The summed E-state index contributed by atoms with van der Waals surface area (Å²) in [4.78, 5) is 41.0. The van der Waals surface area contributed by atoms with E-state index in [0.717, 1.165) is 38.6 Å². The molecule has 3 atom stereocenters. The standard InChI is InChI=1S/C20H32N4O3.C8H11N/c1-5-9-10-16(7-3)12-21-13-18-23(15-25)22(11-6-2)14-19(26)24(18)17(8-4)20(21)27;1-9-7-8-5-3-2-4-6-8/h2,15-18H,5,7-14H2,1,3-4H3;2-6,9H,7H2,1H3/t16?,17-,18?;/m0./s1. The first kappa shape index (κ1) is 29.3. The van der Waals surface area contributed by atoms with Gasteiger partial charge >= 0.3 is 0 Å². The van der Waals surface area contributed by atoms with E-state index in [-0.39, 0.29) is 24.9 Å². The Labute approximate surface area is 216 Å². The number of hydrogen-bond donors (Lipinski definition) is 1. The number of rotatable bonds is 11. The Kier molecular flexibility index (Phi) is 12.4. The molecule has 1 aromatic carbocycles. The predicted molar refractivity (Wildman–Crippen MR) is 142 cm³/mol. The van der Waals surface area contributed by atoms with Gasteiger partial charge in [0.25, 0.3) is 0 Å². The monoisotopic (exact) mass is 497 g/mol. The van der Waals surface area contributed by atoms with Crippen molar-refractivity contribution in [2.24, 2.45) is 5.92 Å². The zero-order chi connectivity index (χ0) is 26.5. The molecule has 0 saturated carbocycles. The lowest BCUT2D eigenvalue weighted by atomic mass is 9.96. The van der Waals surface area contributed by atoms with Gasteiger partial charge in [0.05, 0.1) is 19.6 Å². The molecule has 3 rings (SSSR count). The number of nitrogens with zero attached hydrogens (tertiary/aromatic N) is 4. The molecular weight excluding hydrogens is 454 g/mol. The van der Waals surface area contributed by atoms with Crippen molar-refractivity contribution >= 4 is 18.2 Å². The first-order valence-electron chi connectivity index (χ1n) is 13.2. The summed E-state index contributed by atoms with van der Waals surface area (Å²) in [5, 5.41) is 6.17. The molecule has 0 spiro atoms. The van der Waals surface area contributed by atoms with E-state index in [0.29, 0.717) is 25.4 Å². The van der Waals surface area contributed by atoms with Crippen molar-refractivity contribution in [3.8, 4) is 12.3 Å². The van der Waals surface area contributed by atoms with Gasteiger partial charge in [-0.3, -0.25) is 19.4 Å². The van der Waals surface area contributed by atoms with E-state index in [1.54, 1.807) is 9.91 Å². The van der Waals surface area contributed by atoms with E-state index in [2.05, 4.69) is 37.2 Å². The molecule has 8 nitrogen and oxygen atoms in total. The third-order valence-electron chi connectivity index (χ3n) is 6.89. The van der Waals surface area contributed by atoms with Crippen molar-refractivity contribution < 1.29 is 14.4 Å². The molecule has 2 unspecified atom stereocenters. The average Bonchev–Trinajstić information content (AvgIpc) is 2.88. The summed E-state index contributed by atoms with van der Waals surface area (Å²) in [6, 6.07) is 9.82. The lowest BCUT2D eigenvalue weighted by molar-refractivity contribution is -0.199. The molecule has 1 N–H and O–H groups in total. The van der Waals surface area contributed by atoms with Crippen molar-refractivity contribution in [1.82, 2.24) is 25.1 Å².